The molecule has 1 atom stereocenters. The van der Waals surface area contributed by atoms with Gasteiger partial charge in [0.25, 0.3) is 0 Å². The van der Waals surface area contributed by atoms with E-state index in [1.807, 2.05) is 6.07 Å². The van der Waals surface area contributed by atoms with Crippen LogP contribution in [0.5, 0.6) is 0 Å². The van der Waals surface area contributed by atoms with E-state index >= 15 is 0 Å². The first kappa shape index (κ1) is 12.7. The van der Waals surface area contributed by atoms with Crippen molar-refractivity contribution in [3.8, 4) is 6.07 Å². The molecule has 1 aromatic heterocycles. The van der Waals surface area contributed by atoms with E-state index in [-0.39, 0.29) is 0 Å². The van der Waals surface area contributed by atoms with Crippen molar-refractivity contribution in [2.75, 3.05) is 13.6 Å². The molecule has 1 N–H and O–H groups in total. The summed E-state index contributed by atoms with van der Waals surface area (Å²) in [7, 11) is 2.08. The van der Waals surface area contributed by atoms with Gasteiger partial charge in [-0.25, -0.2) is 0 Å². The SMILES string of the molecule is CC(CC#N)N(C)CCc1c[nH]c2ccccc12. The molecule has 0 aliphatic rings. The topological polar surface area (TPSA) is 42.8 Å². The molecule has 3 heteroatoms. The zero-order chi connectivity index (χ0) is 13.0. The highest BCUT2D eigenvalue weighted by molar-refractivity contribution is 5.83. The summed E-state index contributed by atoms with van der Waals surface area (Å²) in [6.07, 6.45) is 3.69. The highest BCUT2D eigenvalue weighted by Crippen LogP contribution is 2.18. The minimum absolute atomic E-state index is 0.320. The van der Waals surface area contributed by atoms with Crippen LogP contribution in [0.15, 0.2) is 30.5 Å². The lowest BCUT2D eigenvalue weighted by Gasteiger charge is -2.22. The number of nitrogens with one attached hydrogen (secondary N) is 1. The molecule has 0 aliphatic carbocycles. The Morgan fingerprint density at radius 1 is 1.39 bits per heavy atom. The van der Waals surface area contributed by atoms with E-state index in [1.54, 1.807) is 0 Å². The molecule has 18 heavy (non-hydrogen) atoms. The van der Waals surface area contributed by atoms with Crippen LogP contribution in [-0.2, 0) is 6.42 Å². The Balaban J connectivity index is 2.00. The number of aromatic amines is 1. The average molecular weight is 241 g/mol. The van der Waals surface area contributed by atoms with E-state index in [4.69, 9.17) is 5.26 Å². The molecular formula is C15H19N3. The first-order valence-electron chi connectivity index (χ1n) is 6.34. The summed E-state index contributed by atoms with van der Waals surface area (Å²) in [6.45, 7) is 3.07. The van der Waals surface area contributed by atoms with Crippen molar-refractivity contribution >= 4 is 10.9 Å². The fourth-order valence-corrected chi connectivity index (χ4v) is 2.14. The number of likely N-dealkylation sites (N-methyl/N-ethyl adjacent to an activating group) is 1. The maximum Gasteiger partial charge on any atom is 0.0638 e. The molecule has 0 fully saturated rings. The lowest BCUT2D eigenvalue weighted by atomic mass is 10.1. The van der Waals surface area contributed by atoms with Gasteiger partial charge in [0, 0.05) is 29.7 Å². The summed E-state index contributed by atoms with van der Waals surface area (Å²) in [5.41, 5.74) is 2.54. The summed E-state index contributed by atoms with van der Waals surface area (Å²) >= 11 is 0. The fourth-order valence-electron chi connectivity index (χ4n) is 2.14. The smallest absolute Gasteiger partial charge is 0.0638 e. The number of nitriles is 1. The number of H-pyrrole nitrogens is 1. The second kappa shape index (κ2) is 5.70. The van der Waals surface area contributed by atoms with Crippen molar-refractivity contribution in [2.45, 2.75) is 25.8 Å². The van der Waals surface area contributed by atoms with Gasteiger partial charge in [0.05, 0.1) is 12.5 Å². The number of hydrogen-bond donors (Lipinski definition) is 1. The molecule has 0 spiro atoms. The highest BCUT2D eigenvalue weighted by atomic mass is 15.1. The van der Waals surface area contributed by atoms with E-state index in [1.165, 1.54) is 16.5 Å². The third-order valence-electron chi connectivity index (χ3n) is 3.55. The standard InChI is InChI=1S/C15H19N3/c1-12(7-9-16)18(2)10-8-13-11-17-15-6-4-3-5-14(13)15/h3-6,11-12,17H,7-8,10H2,1-2H3. The minimum Gasteiger partial charge on any atom is -0.361 e. The Morgan fingerprint density at radius 3 is 2.94 bits per heavy atom. The van der Waals surface area contributed by atoms with Crippen LogP contribution in [0.1, 0.15) is 18.9 Å². The van der Waals surface area contributed by atoms with Crippen molar-refractivity contribution in [1.82, 2.24) is 9.88 Å². The van der Waals surface area contributed by atoms with Gasteiger partial charge in [0.2, 0.25) is 0 Å². The van der Waals surface area contributed by atoms with Crippen molar-refractivity contribution in [2.24, 2.45) is 0 Å². The van der Waals surface area contributed by atoms with Gasteiger partial charge >= 0.3 is 0 Å². The first-order chi connectivity index (χ1) is 8.72. The Morgan fingerprint density at radius 2 is 2.17 bits per heavy atom. The summed E-state index contributed by atoms with van der Waals surface area (Å²) in [5, 5.41) is 10.0. The van der Waals surface area contributed by atoms with Crippen LogP contribution in [0.25, 0.3) is 10.9 Å². The van der Waals surface area contributed by atoms with Crippen LogP contribution in [0.2, 0.25) is 0 Å². The van der Waals surface area contributed by atoms with Crippen molar-refractivity contribution in [1.29, 1.82) is 5.26 Å². The summed E-state index contributed by atoms with van der Waals surface area (Å²) in [6, 6.07) is 10.9. The predicted molar refractivity (Wildman–Crippen MR) is 74.3 cm³/mol. The maximum absolute atomic E-state index is 8.70. The highest BCUT2D eigenvalue weighted by Gasteiger charge is 2.09. The van der Waals surface area contributed by atoms with Crippen LogP contribution < -0.4 is 0 Å². The van der Waals surface area contributed by atoms with Gasteiger partial charge < -0.3 is 9.88 Å². The largest absolute Gasteiger partial charge is 0.361 e. The second-order valence-electron chi connectivity index (χ2n) is 4.80. The molecule has 0 radical (unpaired) electrons. The van der Waals surface area contributed by atoms with Crippen molar-refractivity contribution in [3.05, 3.63) is 36.0 Å². The molecule has 94 valence electrons. The van der Waals surface area contributed by atoms with Crippen molar-refractivity contribution < 1.29 is 0 Å². The van der Waals surface area contributed by atoms with Gasteiger partial charge in [-0.1, -0.05) is 18.2 Å². The lowest BCUT2D eigenvalue weighted by molar-refractivity contribution is 0.264. The zero-order valence-electron chi connectivity index (χ0n) is 11.0. The minimum atomic E-state index is 0.320. The van der Waals surface area contributed by atoms with Gasteiger partial charge in [-0.2, -0.15) is 5.26 Å². The number of nitrogens with zero attached hydrogens (tertiary/aromatic N) is 2. The number of hydrogen-bond acceptors (Lipinski definition) is 2. The molecule has 1 unspecified atom stereocenters. The second-order valence-corrected chi connectivity index (χ2v) is 4.80. The third-order valence-corrected chi connectivity index (χ3v) is 3.55. The monoisotopic (exact) mass is 241 g/mol. The van der Waals surface area contributed by atoms with Crippen molar-refractivity contribution in [3.63, 3.8) is 0 Å². The zero-order valence-corrected chi connectivity index (χ0v) is 11.0. The number of fused-ring (bicyclic) bond motifs is 1. The Hall–Kier alpha value is -1.79. The van der Waals surface area contributed by atoms with Gasteiger partial charge in [0.15, 0.2) is 0 Å². The molecule has 0 saturated heterocycles. The van der Waals surface area contributed by atoms with E-state index in [0.717, 1.165) is 13.0 Å². The molecule has 0 bridgehead atoms. The van der Waals surface area contributed by atoms with E-state index < -0.39 is 0 Å². The Kier molecular flexibility index (Phi) is 4.01. The van der Waals surface area contributed by atoms with Crippen LogP contribution >= 0.6 is 0 Å². The Labute approximate surface area is 108 Å². The maximum atomic E-state index is 8.70. The molecule has 0 amide bonds. The summed E-state index contributed by atoms with van der Waals surface area (Å²) in [5.74, 6) is 0. The third kappa shape index (κ3) is 2.72. The fraction of sp³-hybridized carbons (Fsp3) is 0.400. The molecular weight excluding hydrogens is 222 g/mol. The van der Waals surface area contributed by atoms with E-state index in [2.05, 4.69) is 54.3 Å². The molecule has 1 heterocycles. The lowest BCUT2D eigenvalue weighted by Crippen LogP contribution is -2.30. The van der Waals surface area contributed by atoms with Gasteiger partial charge in [-0.3, -0.25) is 0 Å². The quantitative estimate of drug-likeness (QED) is 0.874. The number of rotatable bonds is 5. The van der Waals surface area contributed by atoms with Crippen LogP contribution in [0, 0.1) is 11.3 Å². The normalized spacial score (nSPS) is 12.8. The summed E-state index contributed by atoms with van der Waals surface area (Å²) in [4.78, 5) is 5.54. The molecule has 3 nitrogen and oxygen atoms in total. The van der Waals surface area contributed by atoms with Crippen LogP contribution in [-0.4, -0.2) is 29.5 Å². The molecule has 2 aromatic rings. The van der Waals surface area contributed by atoms with Crippen LogP contribution in [0.3, 0.4) is 0 Å². The molecule has 0 aliphatic heterocycles. The van der Waals surface area contributed by atoms with Gasteiger partial charge in [-0.05, 0) is 32.0 Å². The molecule has 0 saturated carbocycles. The number of benzene rings is 1. The summed E-state index contributed by atoms with van der Waals surface area (Å²) < 4.78 is 0. The average Bonchev–Trinajstić information content (AvgIpc) is 2.79. The van der Waals surface area contributed by atoms with Crippen LogP contribution in [0.4, 0.5) is 0 Å². The van der Waals surface area contributed by atoms with Gasteiger partial charge in [-0.15, -0.1) is 0 Å². The Bertz CT molecular complexity index is 550. The predicted octanol–water partition coefficient (Wildman–Crippen LogP) is 2.94. The number of aromatic nitrogens is 1. The number of para-hydroxylation sites is 1. The van der Waals surface area contributed by atoms with Gasteiger partial charge in [0.1, 0.15) is 0 Å². The first-order valence-corrected chi connectivity index (χ1v) is 6.34. The molecule has 1 aromatic carbocycles. The van der Waals surface area contributed by atoms with E-state index in [0.29, 0.717) is 12.5 Å². The van der Waals surface area contributed by atoms with E-state index in [9.17, 15) is 0 Å². The molecule has 2 rings (SSSR count).